The summed E-state index contributed by atoms with van der Waals surface area (Å²) in [6.07, 6.45) is -10.2. The molecule has 13 heavy (non-hydrogen) atoms. The van der Waals surface area contributed by atoms with E-state index >= 15 is 0 Å². The first-order valence-corrected chi connectivity index (χ1v) is 3.56. The standard InChI is InChI=1S/C6H10F5NO/c7-5(8)4(13)3-12-2-1-6(9,10)11/h4-5,12-13H,1-3H2. The minimum absolute atomic E-state index is 0.465. The summed E-state index contributed by atoms with van der Waals surface area (Å²) in [6, 6.07) is 0. The molecule has 2 N–H and O–H groups in total. The molecule has 0 aromatic rings. The molecule has 0 bridgehead atoms. The number of aliphatic hydroxyl groups excluding tert-OH is 1. The van der Waals surface area contributed by atoms with E-state index in [1.165, 1.54) is 0 Å². The second kappa shape index (κ2) is 5.33. The third-order valence-corrected chi connectivity index (χ3v) is 1.23. The minimum Gasteiger partial charge on any atom is -0.386 e. The fraction of sp³-hybridized carbons (Fsp3) is 1.00. The first-order valence-electron chi connectivity index (χ1n) is 3.56. The maximum atomic E-state index is 11.6. The Morgan fingerprint density at radius 2 is 1.77 bits per heavy atom. The van der Waals surface area contributed by atoms with Gasteiger partial charge in [0.25, 0.3) is 6.43 Å². The van der Waals surface area contributed by atoms with Crippen LogP contribution in [-0.2, 0) is 0 Å². The zero-order chi connectivity index (χ0) is 10.5. The molecule has 0 spiro atoms. The van der Waals surface area contributed by atoms with Gasteiger partial charge in [0, 0.05) is 13.1 Å². The van der Waals surface area contributed by atoms with Crippen LogP contribution in [0.3, 0.4) is 0 Å². The van der Waals surface area contributed by atoms with Crippen LogP contribution in [0.4, 0.5) is 22.0 Å². The van der Waals surface area contributed by atoms with Gasteiger partial charge in [0.2, 0.25) is 0 Å². The molecule has 0 rings (SSSR count). The topological polar surface area (TPSA) is 32.3 Å². The smallest absolute Gasteiger partial charge is 0.386 e. The van der Waals surface area contributed by atoms with Gasteiger partial charge in [0.1, 0.15) is 6.10 Å². The second-order valence-electron chi connectivity index (χ2n) is 2.47. The predicted octanol–water partition coefficient (Wildman–Crippen LogP) is 1.15. The van der Waals surface area contributed by atoms with Crippen molar-refractivity contribution in [3.63, 3.8) is 0 Å². The largest absolute Gasteiger partial charge is 0.390 e. The van der Waals surface area contributed by atoms with Gasteiger partial charge in [0.15, 0.2) is 0 Å². The molecule has 0 aliphatic rings. The third-order valence-electron chi connectivity index (χ3n) is 1.23. The molecule has 0 aromatic carbocycles. The molecule has 2 nitrogen and oxygen atoms in total. The van der Waals surface area contributed by atoms with Crippen molar-refractivity contribution in [2.24, 2.45) is 0 Å². The third kappa shape index (κ3) is 7.92. The Labute approximate surface area is 71.7 Å². The van der Waals surface area contributed by atoms with Crippen molar-refractivity contribution in [3.05, 3.63) is 0 Å². The average molecular weight is 207 g/mol. The van der Waals surface area contributed by atoms with E-state index in [9.17, 15) is 22.0 Å². The van der Waals surface area contributed by atoms with Gasteiger partial charge in [-0.1, -0.05) is 0 Å². The van der Waals surface area contributed by atoms with Crippen LogP contribution in [0, 0.1) is 0 Å². The molecule has 1 atom stereocenters. The van der Waals surface area contributed by atoms with E-state index in [4.69, 9.17) is 5.11 Å². The number of halogens is 5. The maximum Gasteiger partial charge on any atom is 0.390 e. The molecule has 0 heterocycles. The van der Waals surface area contributed by atoms with Crippen molar-refractivity contribution in [1.29, 1.82) is 0 Å². The Balaban J connectivity index is 3.36. The molecule has 0 saturated heterocycles. The summed E-state index contributed by atoms with van der Waals surface area (Å²) in [6.45, 7) is -0.999. The van der Waals surface area contributed by atoms with Crippen molar-refractivity contribution < 1.29 is 27.1 Å². The van der Waals surface area contributed by atoms with Crippen molar-refractivity contribution in [2.75, 3.05) is 13.1 Å². The molecule has 80 valence electrons. The lowest BCUT2D eigenvalue weighted by atomic mass is 10.3. The van der Waals surface area contributed by atoms with Crippen LogP contribution >= 0.6 is 0 Å². The number of nitrogens with one attached hydrogen (secondary N) is 1. The van der Waals surface area contributed by atoms with Crippen LogP contribution in [-0.4, -0.2) is 36.9 Å². The van der Waals surface area contributed by atoms with Crippen molar-refractivity contribution in [1.82, 2.24) is 5.32 Å². The minimum atomic E-state index is -4.30. The van der Waals surface area contributed by atoms with Gasteiger partial charge in [-0.15, -0.1) is 0 Å². The van der Waals surface area contributed by atoms with Crippen LogP contribution in [0.5, 0.6) is 0 Å². The zero-order valence-electron chi connectivity index (χ0n) is 6.61. The molecular formula is C6H10F5NO. The molecule has 1 unspecified atom stereocenters. The van der Waals surface area contributed by atoms with E-state index in [0.29, 0.717) is 0 Å². The second-order valence-corrected chi connectivity index (χ2v) is 2.47. The van der Waals surface area contributed by atoms with Crippen molar-refractivity contribution >= 4 is 0 Å². The Morgan fingerprint density at radius 3 is 2.15 bits per heavy atom. The van der Waals surface area contributed by atoms with Gasteiger partial charge in [-0.25, -0.2) is 8.78 Å². The van der Waals surface area contributed by atoms with Crippen LogP contribution in [0.15, 0.2) is 0 Å². The van der Waals surface area contributed by atoms with Crippen LogP contribution < -0.4 is 5.32 Å². The summed E-state index contributed by atoms with van der Waals surface area (Å²) in [5.74, 6) is 0. The fourth-order valence-electron chi connectivity index (χ4n) is 0.569. The Hall–Kier alpha value is -0.430. The lowest BCUT2D eigenvalue weighted by Crippen LogP contribution is -2.33. The summed E-state index contributed by atoms with van der Waals surface area (Å²) < 4.78 is 57.6. The average Bonchev–Trinajstić information content (AvgIpc) is 1.95. The summed E-state index contributed by atoms with van der Waals surface area (Å²) in [7, 11) is 0. The van der Waals surface area contributed by atoms with Gasteiger partial charge in [-0.05, 0) is 0 Å². The van der Waals surface area contributed by atoms with E-state index in [1.54, 1.807) is 0 Å². The molecule has 7 heteroatoms. The molecular weight excluding hydrogens is 197 g/mol. The number of rotatable bonds is 5. The highest BCUT2D eigenvalue weighted by Gasteiger charge is 2.26. The van der Waals surface area contributed by atoms with E-state index in [1.807, 2.05) is 0 Å². The van der Waals surface area contributed by atoms with Crippen LogP contribution in [0.2, 0.25) is 0 Å². The molecule has 0 fully saturated rings. The Bertz CT molecular complexity index is 137. The molecule has 0 saturated carbocycles. The summed E-state index contributed by atoms with van der Waals surface area (Å²) >= 11 is 0. The lowest BCUT2D eigenvalue weighted by molar-refractivity contribution is -0.133. The molecule has 0 amide bonds. The lowest BCUT2D eigenvalue weighted by Gasteiger charge is -2.11. The van der Waals surface area contributed by atoms with Crippen molar-refractivity contribution in [3.8, 4) is 0 Å². The van der Waals surface area contributed by atoms with Crippen LogP contribution in [0.1, 0.15) is 6.42 Å². The first-order chi connectivity index (χ1) is 5.83. The van der Waals surface area contributed by atoms with E-state index < -0.39 is 38.2 Å². The Kier molecular flexibility index (Phi) is 5.16. The number of hydrogen-bond donors (Lipinski definition) is 2. The number of aliphatic hydroxyl groups is 1. The first kappa shape index (κ1) is 12.6. The molecule has 0 radical (unpaired) electrons. The number of hydrogen-bond acceptors (Lipinski definition) is 2. The fourth-order valence-corrected chi connectivity index (χ4v) is 0.569. The predicted molar refractivity (Wildman–Crippen MR) is 35.6 cm³/mol. The molecule has 0 aliphatic heterocycles. The van der Waals surface area contributed by atoms with Gasteiger partial charge in [0.05, 0.1) is 6.42 Å². The van der Waals surface area contributed by atoms with Gasteiger partial charge >= 0.3 is 6.18 Å². The molecule has 0 aromatic heterocycles. The van der Waals surface area contributed by atoms with E-state index in [-0.39, 0.29) is 0 Å². The highest BCUT2D eigenvalue weighted by atomic mass is 19.4. The van der Waals surface area contributed by atoms with Crippen molar-refractivity contribution in [2.45, 2.75) is 25.1 Å². The Morgan fingerprint density at radius 1 is 1.23 bits per heavy atom. The summed E-state index contributed by atoms with van der Waals surface area (Å²) in [5, 5.41) is 10.5. The quantitative estimate of drug-likeness (QED) is 0.523. The SMILES string of the molecule is OC(CNCCC(F)(F)F)C(F)F. The van der Waals surface area contributed by atoms with Gasteiger partial charge in [-0.3, -0.25) is 0 Å². The van der Waals surface area contributed by atoms with E-state index in [0.717, 1.165) is 0 Å². The van der Waals surface area contributed by atoms with Gasteiger partial charge < -0.3 is 10.4 Å². The number of alkyl halides is 5. The van der Waals surface area contributed by atoms with Gasteiger partial charge in [-0.2, -0.15) is 13.2 Å². The van der Waals surface area contributed by atoms with Crippen LogP contribution in [0.25, 0.3) is 0 Å². The zero-order valence-corrected chi connectivity index (χ0v) is 6.61. The normalized spacial score (nSPS) is 15.0. The summed E-state index contributed by atoms with van der Waals surface area (Å²) in [5.41, 5.74) is 0. The highest BCUT2D eigenvalue weighted by molar-refractivity contribution is 4.62. The maximum absolute atomic E-state index is 11.6. The highest BCUT2D eigenvalue weighted by Crippen LogP contribution is 2.18. The monoisotopic (exact) mass is 207 g/mol. The van der Waals surface area contributed by atoms with E-state index in [2.05, 4.69) is 5.32 Å². The molecule has 0 aliphatic carbocycles. The summed E-state index contributed by atoms with van der Waals surface area (Å²) in [4.78, 5) is 0.